The van der Waals surface area contributed by atoms with Crippen molar-refractivity contribution in [2.75, 3.05) is 17.2 Å². The first-order valence-electron chi connectivity index (χ1n) is 10.0. The molecule has 0 saturated carbocycles. The van der Waals surface area contributed by atoms with Crippen LogP contribution in [0.2, 0.25) is 0 Å². The molecular weight excluding hydrogens is 398 g/mol. The third-order valence-electron chi connectivity index (χ3n) is 3.88. The summed E-state index contributed by atoms with van der Waals surface area (Å²) in [5, 5.41) is 8.67. The maximum atomic E-state index is 12.1. The average molecular weight is 428 g/mol. The van der Waals surface area contributed by atoms with Gasteiger partial charge in [-0.25, -0.2) is 4.79 Å². The Bertz CT molecular complexity index is 904. The number of carbonyl (C=O) groups is 3. The fourth-order valence-corrected chi connectivity index (χ4v) is 2.59. The summed E-state index contributed by atoms with van der Waals surface area (Å²) in [7, 11) is 0. The topological polar surface area (TPSA) is 106 Å². The lowest BCUT2D eigenvalue weighted by Crippen LogP contribution is -2.32. The minimum Gasteiger partial charge on any atom is -0.466 e. The minimum atomic E-state index is -0.568. The Kier molecular flexibility index (Phi) is 8.43. The highest BCUT2D eigenvalue weighted by molar-refractivity contribution is 6.03. The van der Waals surface area contributed by atoms with E-state index in [4.69, 9.17) is 9.47 Å². The summed E-state index contributed by atoms with van der Waals surface area (Å²) in [5.74, 6) is -1.02. The van der Waals surface area contributed by atoms with Crippen molar-refractivity contribution < 1.29 is 23.9 Å². The lowest BCUT2D eigenvalue weighted by molar-refractivity contribution is -0.145. The summed E-state index contributed by atoms with van der Waals surface area (Å²) in [4.78, 5) is 35.3. The molecule has 0 aliphatic rings. The van der Waals surface area contributed by atoms with E-state index in [2.05, 4.69) is 16.0 Å². The zero-order chi connectivity index (χ0) is 22.9. The van der Waals surface area contributed by atoms with Gasteiger partial charge in [-0.3, -0.25) is 9.59 Å². The SMILES string of the molecule is CCOC(=O)CC(=O)Nc1ccccc1Nc1ccc(CNC(=O)OC(C)(C)C)cc1. The summed E-state index contributed by atoms with van der Waals surface area (Å²) >= 11 is 0. The van der Waals surface area contributed by atoms with Crippen molar-refractivity contribution in [3.63, 3.8) is 0 Å². The Labute approximate surface area is 182 Å². The van der Waals surface area contributed by atoms with Crippen molar-refractivity contribution in [3.8, 4) is 0 Å². The summed E-state index contributed by atoms with van der Waals surface area (Å²) in [6.07, 6.45) is -0.816. The molecule has 0 saturated heterocycles. The number of amides is 2. The number of para-hydroxylation sites is 2. The van der Waals surface area contributed by atoms with Crippen LogP contribution in [-0.4, -0.2) is 30.2 Å². The van der Waals surface area contributed by atoms with Gasteiger partial charge in [-0.15, -0.1) is 0 Å². The Morgan fingerprint density at radius 1 is 0.935 bits per heavy atom. The van der Waals surface area contributed by atoms with E-state index in [1.807, 2.05) is 57.2 Å². The standard InChI is InChI=1S/C23H29N3O5/c1-5-30-21(28)14-20(27)26-19-9-7-6-8-18(19)25-17-12-10-16(11-13-17)15-24-22(29)31-23(2,3)4/h6-13,25H,5,14-15H2,1-4H3,(H,24,29)(H,26,27). The van der Waals surface area contributed by atoms with E-state index in [1.54, 1.807) is 19.1 Å². The van der Waals surface area contributed by atoms with Crippen molar-refractivity contribution in [1.29, 1.82) is 0 Å². The van der Waals surface area contributed by atoms with Crippen LogP contribution in [0.5, 0.6) is 0 Å². The summed E-state index contributed by atoms with van der Waals surface area (Å²) in [6, 6.07) is 14.7. The molecule has 0 fully saturated rings. The quantitative estimate of drug-likeness (QED) is 0.427. The second kappa shape index (κ2) is 11.0. The highest BCUT2D eigenvalue weighted by Gasteiger charge is 2.16. The van der Waals surface area contributed by atoms with Gasteiger partial charge in [0.2, 0.25) is 5.91 Å². The van der Waals surface area contributed by atoms with E-state index in [0.29, 0.717) is 17.9 Å². The molecule has 0 unspecified atom stereocenters. The molecule has 0 aromatic heterocycles. The molecule has 0 aliphatic carbocycles. The van der Waals surface area contributed by atoms with Crippen LogP contribution in [0.3, 0.4) is 0 Å². The monoisotopic (exact) mass is 427 g/mol. The van der Waals surface area contributed by atoms with E-state index >= 15 is 0 Å². The third-order valence-corrected chi connectivity index (χ3v) is 3.88. The molecule has 2 aromatic carbocycles. The molecule has 0 heterocycles. The Morgan fingerprint density at radius 3 is 2.19 bits per heavy atom. The van der Waals surface area contributed by atoms with E-state index in [-0.39, 0.29) is 13.0 Å². The minimum absolute atomic E-state index is 0.230. The van der Waals surface area contributed by atoms with Gasteiger partial charge in [0.05, 0.1) is 18.0 Å². The first-order valence-corrected chi connectivity index (χ1v) is 10.0. The zero-order valence-corrected chi connectivity index (χ0v) is 18.3. The molecule has 0 aliphatic heterocycles. The molecule has 0 radical (unpaired) electrons. The van der Waals surface area contributed by atoms with Gasteiger partial charge in [-0.2, -0.15) is 0 Å². The van der Waals surface area contributed by atoms with Crippen molar-refractivity contribution >= 4 is 35.0 Å². The Morgan fingerprint density at radius 2 is 1.58 bits per heavy atom. The number of anilines is 3. The number of benzene rings is 2. The highest BCUT2D eigenvalue weighted by atomic mass is 16.6. The van der Waals surface area contributed by atoms with Crippen molar-refractivity contribution in [3.05, 3.63) is 54.1 Å². The van der Waals surface area contributed by atoms with E-state index in [9.17, 15) is 14.4 Å². The molecule has 2 amide bonds. The number of carbonyl (C=O) groups excluding carboxylic acids is 3. The highest BCUT2D eigenvalue weighted by Crippen LogP contribution is 2.25. The van der Waals surface area contributed by atoms with Crippen LogP contribution in [0, 0.1) is 0 Å². The maximum Gasteiger partial charge on any atom is 0.407 e. The molecule has 8 nitrogen and oxygen atoms in total. The van der Waals surface area contributed by atoms with E-state index < -0.39 is 23.6 Å². The van der Waals surface area contributed by atoms with Crippen LogP contribution in [0.4, 0.5) is 21.9 Å². The van der Waals surface area contributed by atoms with Gasteiger partial charge < -0.3 is 25.4 Å². The van der Waals surface area contributed by atoms with Crippen LogP contribution in [-0.2, 0) is 25.6 Å². The molecule has 166 valence electrons. The van der Waals surface area contributed by atoms with Gasteiger partial charge in [-0.1, -0.05) is 24.3 Å². The largest absolute Gasteiger partial charge is 0.466 e. The maximum absolute atomic E-state index is 12.1. The zero-order valence-electron chi connectivity index (χ0n) is 18.3. The van der Waals surface area contributed by atoms with Crippen molar-refractivity contribution in [2.24, 2.45) is 0 Å². The number of rotatable bonds is 8. The molecular formula is C23H29N3O5. The number of hydrogen-bond acceptors (Lipinski definition) is 6. The summed E-state index contributed by atoms with van der Waals surface area (Å²) in [6.45, 7) is 7.69. The lowest BCUT2D eigenvalue weighted by atomic mass is 10.2. The first kappa shape index (κ1) is 23.7. The second-order valence-electron chi connectivity index (χ2n) is 7.75. The lowest BCUT2D eigenvalue weighted by Gasteiger charge is -2.19. The summed E-state index contributed by atoms with van der Waals surface area (Å²) < 4.78 is 10.0. The smallest absolute Gasteiger partial charge is 0.407 e. The Hall–Kier alpha value is -3.55. The molecule has 0 spiro atoms. The predicted molar refractivity (Wildman–Crippen MR) is 119 cm³/mol. The van der Waals surface area contributed by atoms with E-state index in [0.717, 1.165) is 11.3 Å². The Balaban J connectivity index is 1.95. The van der Waals surface area contributed by atoms with E-state index in [1.165, 1.54) is 0 Å². The number of hydrogen-bond donors (Lipinski definition) is 3. The summed E-state index contributed by atoms with van der Waals surface area (Å²) in [5.41, 5.74) is 2.39. The predicted octanol–water partition coefficient (Wildman–Crippen LogP) is 4.35. The number of alkyl carbamates (subject to hydrolysis) is 1. The van der Waals surface area contributed by atoms with Crippen molar-refractivity contribution in [1.82, 2.24) is 5.32 Å². The third kappa shape index (κ3) is 8.77. The molecule has 31 heavy (non-hydrogen) atoms. The van der Waals surface area contributed by atoms with Crippen LogP contribution in [0.25, 0.3) is 0 Å². The number of ether oxygens (including phenoxy) is 2. The van der Waals surface area contributed by atoms with Gasteiger partial charge in [0.1, 0.15) is 12.0 Å². The molecule has 0 atom stereocenters. The molecule has 2 rings (SSSR count). The fourth-order valence-electron chi connectivity index (χ4n) is 2.59. The van der Waals surface area contributed by atoms with Gasteiger partial charge >= 0.3 is 12.1 Å². The van der Waals surface area contributed by atoms with Gasteiger partial charge in [-0.05, 0) is 57.5 Å². The molecule has 8 heteroatoms. The second-order valence-corrected chi connectivity index (χ2v) is 7.75. The van der Waals surface area contributed by atoms with Gasteiger partial charge in [0.15, 0.2) is 0 Å². The van der Waals surface area contributed by atoms with Crippen molar-refractivity contribution in [2.45, 2.75) is 46.3 Å². The molecule has 3 N–H and O–H groups in total. The number of esters is 1. The first-order chi connectivity index (χ1) is 14.7. The van der Waals surface area contributed by atoms with Crippen LogP contribution < -0.4 is 16.0 Å². The average Bonchev–Trinajstić information content (AvgIpc) is 2.67. The van der Waals surface area contributed by atoms with Crippen LogP contribution in [0.1, 0.15) is 39.7 Å². The normalized spacial score (nSPS) is 10.7. The molecule has 2 aromatic rings. The number of nitrogens with one attached hydrogen (secondary N) is 3. The molecule has 0 bridgehead atoms. The van der Waals surface area contributed by atoms with Crippen LogP contribution in [0.15, 0.2) is 48.5 Å². The van der Waals surface area contributed by atoms with Gasteiger partial charge in [0.25, 0.3) is 0 Å². The van der Waals surface area contributed by atoms with Gasteiger partial charge in [0, 0.05) is 12.2 Å². The van der Waals surface area contributed by atoms with Crippen LogP contribution >= 0.6 is 0 Å². The fraction of sp³-hybridized carbons (Fsp3) is 0.348.